The summed E-state index contributed by atoms with van der Waals surface area (Å²) in [6.45, 7) is 6.78. The molecule has 9 nitrogen and oxygen atoms in total. The lowest BCUT2D eigenvalue weighted by molar-refractivity contribution is -0.150. The highest BCUT2D eigenvalue weighted by molar-refractivity contribution is 5.72. The summed E-state index contributed by atoms with van der Waals surface area (Å²) >= 11 is 0. The number of unbranched alkanes of at least 4 members (excludes halogenated alkanes) is 1. The second-order valence-electron chi connectivity index (χ2n) is 5.51. The third-order valence-corrected chi connectivity index (χ3v) is 3.80. The summed E-state index contributed by atoms with van der Waals surface area (Å²) in [6.07, 6.45) is 1.70. The topological polar surface area (TPSA) is 108 Å². The number of imidazole rings is 1. The SMILES string of the molecule is CCCCn1c(=O)[nH]c(=O)c2c1nc(COC(=O)COCC)n2CC. The van der Waals surface area contributed by atoms with Crippen molar-refractivity contribution in [2.24, 2.45) is 0 Å². The molecule has 2 aromatic heterocycles. The monoisotopic (exact) mass is 352 g/mol. The summed E-state index contributed by atoms with van der Waals surface area (Å²) in [7, 11) is 0. The number of ether oxygens (including phenoxy) is 2. The quantitative estimate of drug-likeness (QED) is 0.668. The van der Waals surface area contributed by atoms with E-state index in [-0.39, 0.29) is 13.2 Å². The van der Waals surface area contributed by atoms with E-state index in [1.54, 1.807) is 11.5 Å². The molecule has 1 N–H and O–H groups in total. The van der Waals surface area contributed by atoms with Crippen LogP contribution >= 0.6 is 0 Å². The molecule has 0 fully saturated rings. The van der Waals surface area contributed by atoms with Gasteiger partial charge in [-0.05, 0) is 20.3 Å². The molecule has 0 amide bonds. The highest BCUT2D eigenvalue weighted by atomic mass is 16.6. The van der Waals surface area contributed by atoms with E-state index in [1.807, 2.05) is 13.8 Å². The van der Waals surface area contributed by atoms with Crippen molar-refractivity contribution >= 4 is 17.1 Å². The van der Waals surface area contributed by atoms with Crippen molar-refractivity contribution in [3.8, 4) is 0 Å². The Hall–Kier alpha value is -2.42. The first-order valence-electron chi connectivity index (χ1n) is 8.49. The predicted molar refractivity (Wildman–Crippen MR) is 91.5 cm³/mol. The normalized spacial score (nSPS) is 11.2. The Balaban J connectivity index is 2.41. The van der Waals surface area contributed by atoms with Crippen molar-refractivity contribution in [1.82, 2.24) is 19.1 Å². The number of aryl methyl sites for hydroxylation is 2. The van der Waals surface area contributed by atoms with Crippen LogP contribution in [0.2, 0.25) is 0 Å². The number of nitrogens with one attached hydrogen (secondary N) is 1. The number of hydrogen-bond acceptors (Lipinski definition) is 6. The molecule has 0 atom stereocenters. The molecular weight excluding hydrogens is 328 g/mol. The van der Waals surface area contributed by atoms with Crippen LogP contribution < -0.4 is 11.2 Å². The number of nitrogens with zero attached hydrogens (tertiary/aromatic N) is 3. The Bertz CT molecular complexity index is 849. The van der Waals surface area contributed by atoms with Gasteiger partial charge in [0.15, 0.2) is 11.2 Å². The van der Waals surface area contributed by atoms with Gasteiger partial charge < -0.3 is 14.0 Å². The summed E-state index contributed by atoms with van der Waals surface area (Å²) < 4.78 is 13.3. The molecule has 0 aliphatic heterocycles. The molecule has 0 bridgehead atoms. The zero-order valence-corrected chi connectivity index (χ0v) is 14.8. The highest BCUT2D eigenvalue weighted by Crippen LogP contribution is 2.13. The molecule has 138 valence electrons. The molecule has 25 heavy (non-hydrogen) atoms. The van der Waals surface area contributed by atoms with Crippen molar-refractivity contribution in [2.75, 3.05) is 13.2 Å². The predicted octanol–water partition coefficient (Wildman–Crippen LogP) is 0.786. The molecule has 0 aromatic carbocycles. The number of fused-ring (bicyclic) bond motifs is 1. The number of rotatable bonds is 9. The standard InChI is InChI=1S/C16H24N4O5/c1-4-7-8-20-14-13(15(22)18-16(20)23)19(5-2)11(17-14)9-25-12(21)10-24-6-3/h4-10H2,1-3H3,(H,18,22,23). The zero-order chi connectivity index (χ0) is 18.4. The van der Waals surface area contributed by atoms with Gasteiger partial charge in [0, 0.05) is 19.7 Å². The Labute approximate surface area is 144 Å². The molecule has 2 aromatic rings. The average Bonchev–Trinajstić information content (AvgIpc) is 2.96. The molecule has 0 saturated carbocycles. The maximum atomic E-state index is 12.2. The van der Waals surface area contributed by atoms with Crippen LogP contribution in [0.1, 0.15) is 39.4 Å². The van der Waals surface area contributed by atoms with Crippen molar-refractivity contribution in [3.63, 3.8) is 0 Å². The van der Waals surface area contributed by atoms with Gasteiger partial charge in [0.05, 0.1) is 0 Å². The average molecular weight is 352 g/mol. The van der Waals surface area contributed by atoms with E-state index in [2.05, 4.69) is 9.97 Å². The minimum absolute atomic E-state index is 0.0875. The molecular formula is C16H24N4O5. The van der Waals surface area contributed by atoms with Gasteiger partial charge in [-0.2, -0.15) is 0 Å². The van der Waals surface area contributed by atoms with Crippen LogP contribution in [0, 0.1) is 0 Å². The van der Waals surface area contributed by atoms with Crippen LogP contribution in [-0.2, 0) is 34.0 Å². The van der Waals surface area contributed by atoms with Crippen molar-refractivity contribution < 1.29 is 14.3 Å². The maximum absolute atomic E-state index is 12.2. The summed E-state index contributed by atoms with van der Waals surface area (Å²) in [5.74, 6) is -0.0856. The molecule has 2 rings (SSSR count). The lowest BCUT2D eigenvalue weighted by Gasteiger charge is -2.07. The number of carbonyl (C=O) groups is 1. The van der Waals surface area contributed by atoms with Gasteiger partial charge in [-0.1, -0.05) is 13.3 Å². The summed E-state index contributed by atoms with van der Waals surface area (Å²) in [6, 6.07) is 0. The second kappa shape index (κ2) is 8.61. The van der Waals surface area contributed by atoms with E-state index in [0.29, 0.717) is 36.7 Å². The minimum atomic E-state index is -0.506. The van der Waals surface area contributed by atoms with Gasteiger partial charge in [0.2, 0.25) is 0 Å². The Morgan fingerprint density at radius 1 is 1.20 bits per heavy atom. The van der Waals surface area contributed by atoms with Gasteiger partial charge in [-0.3, -0.25) is 14.3 Å². The van der Waals surface area contributed by atoms with Crippen LogP contribution in [0.5, 0.6) is 0 Å². The summed E-state index contributed by atoms with van der Waals surface area (Å²) in [5, 5.41) is 0. The minimum Gasteiger partial charge on any atom is -0.456 e. The number of hydrogen-bond donors (Lipinski definition) is 1. The second-order valence-corrected chi connectivity index (χ2v) is 5.51. The van der Waals surface area contributed by atoms with Crippen LogP contribution in [0.3, 0.4) is 0 Å². The fourth-order valence-corrected chi connectivity index (χ4v) is 2.56. The van der Waals surface area contributed by atoms with Crippen molar-refractivity contribution in [1.29, 1.82) is 0 Å². The molecule has 9 heteroatoms. The third kappa shape index (κ3) is 4.16. The van der Waals surface area contributed by atoms with Crippen LogP contribution in [-0.4, -0.2) is 38.3 Å². The number of esters is 1. The third-order valence-electron chi connectivity index (χ3n) is 3.80. The van der Waals surface area contributed by atoms with Gasteiger partial charge >= 0.3 is 11.7 Å². The Morgan fingerprint density at radius 2 is 1.96 bits per heavy atom. The fourth-order valence-electron chi connectivity index (χ4n) is 2.56. The number of aromatic nitrogens is 4. The molecule has 0 spiro atoms. The zero-order valence-electron chi connectivity index (χ0n) is 14.8. The van der Waals surface area contributed by atoms with Gasteiger partial charge in [-0.15, -0.1) is 0 Å². The lowest BCUT2D eigenvalue weighted by atomic mass is 10.3. The summed E-state index contributed by atoms with van der Waals surface area (Å²) in [5.41, 5.74) is -0.338. The van der Waals surface area contributed by atoms with E-state index < -0.39 is 17.2 Å². The molecule has 0 radical (unpaired) electrons. The van der Waals surface area contributed by atoms with Crippen LogP contribution in [0.4, 0.5) is 0 Å². The van der Waals surface area contributed by atoms with Crippen LogP contribution in [0.15, 0.2) is 9.59 Å². The van der Waals surface area contributed by atoms with Crippen molar-refractivity contribution in [2.45, 2.75) is 53.3 Å². The lowest BCUT2D eigenvalue weighted by Crippen LogP contribution is -2.31. The number of H-pyrrole nitrogens is 1. The summed E-state index contributed by atoms with van der Waals surface area (Å²) in [4.78, 5) is 42.7. The first-order chi connectivity index (χ1) is 12.0. The fraction of sp³-hybridized carbons (Fsp3) is 0.625. The van der Waals surface area contributed by atoms with Gasteiger partial charge in [0.25, 0.3) is 5.56 Å². The van der Waals surface area contributed by atoms with E-state index in [9.17, 15) is 14.4 Å². The van der Waals surface area contributed by atoms with Crippen molar-refractivity contribution in [3.05, 3.63) is 26.7 Å². The molecule has 0 saturated heterocycles. The van der Waals surface area contributed by atoms with Crippen LogP contribution in [0.25, 0.3) is 11.2 Å². The van der Waals surface area contributed by atoms with E-state index >= 15 is 0 Å². The number of aromatic amines is 1. The largest absolute Gasteiger partial charge is 0.456 e. The first-order valence-corrected chi connectivity index (χ1v) is 8.49. The molecule has 0 aliphatic rings. The van der Waals surface area contributed by atoms with E-state index in [1.165, 1.54) is 4.57 Å². The Kier molecular flexibility index (Phi) is 6.51. The van der Waals surface area contributed by atoms with E-state index in [4.69, 9.17) is 9.47 Å². The Morgan fingerprint density at radius 3 is 2.60 bits per heavy atom. The number of carbonyl (C=O) groups excluding carboxylic acids is 1. The first kappa shape index (κ1) is 18.9. The molecule has 0 unspecified atom stereocenters. The smallest absolute Gasteiger partial charge is 0.332 e. The van der Waals surface area contributed by atoms with E-state index in [0.717, 1.165) is 12.8 Å². The maximum Gasteiger partial charge on any atom is 0.332 e. The molecule has 0 aliphatic carbocycles. The van der Waals surface area contributed by atoms with Gasteiger partial charge in [0.1, 0.15) is 19.0 Å². The van der Waals surface area contributed by atoms with Gasteiger partial charge in [-0.25, -0.2) is 14.6 Å². The molecule has 2 heterocycles. The highest BCUT2D eigenvalue weighted by Gasteiger charge is 2.18.